The van der Waals surface area contributed by atoms with Crippen molar-refractivity contribution in [1.29, 1.82) is 0 Å². The summed E-state index contributed by atoms with van der Waals surface area (Å²) >= 11 is 0. The van der Waals surface area contributed by atoms with Gasteiger partial charge in [0.05, 0.1) is 13.2 Å². The Bertz CT molecular complexity index is 969. The first-order chi connectivity index (χ1) is 20.2. The van der Waals surface area contributed by atoms with Gasteiger partial charge in [-0.25, -0.2) is 4.39 Å². The summed E-state index contributed by atoms with van der Waals surface area (Å²) < 4.78 is 27.3. The summed E-state index contributed by atoms with van der Waals surface area (Å²) in [4.78, 5) is 0. The topological polar surface area (TPSA) is 18.5 Å². The second-order valence-electron chi connectivity index (χ2n) is 12.3. The Morgan fingerprint density at radius 2 is 1.02 bits per heavy atom. The SMILES string of the molecule is CCCCCCCCCCCCOc1ccc2c(c1)CCc1c-2ccc(OCCCCCCCCCCCC)c1F. The average Bonchev–Trinajstić information content (AvgIpc) is 2.99. The van der Waals surface area contributed by atoms with Crippen molar-refractivity contribution < 1.29 is 13.9 Å². The molecule has 3 heteroatoms. The van der Waals surface area contributed by atoms with Gasteiger partial charge in [0.25, 0.3) is 0 Å². The van der Waals surface area contributed by atoms with Crippen molar-refractivity contribution >= 4 is 0 Å². The standard InChI is InChI=1S/C38H59FO2/c1-3-5-7-9-11-13-15-17-19-21-29-40-33-24-26-34-32(31-33)23-25-36-35(34)27-28-37(38(36)39)41-30-22-20-18-16-14-12-10-8-6-4-2/h24,26-28,31H,3-23,25,29-30H2,1-2H3. The van der Waals surface area contributed by atoms with Crippen LogP contribution in [-0.2, 0) is 12.8 Å². The van der Waals surface area contributed by atoms with Gasteiger partial charge in [0.15, 0.2) is 11.6 Å². The predicted octanol–water partition coefficient (Wildman–Crippen LogP) is 12.2. The lowest BCUT2D eigenvalue weighted by molar-refractivity contribution is 0.289. The number of hydrogen-bond acceptors (Lipinski definition) is 2. The van der Waals surface area contributed by atoms with Crippen LogP contribution < -0.4 is 9.47 Å². The number of ether oxygens (including phenoxy) is 2. The third-order valence-corrected chi connectivity index (χ3v) is 8.74. The van der Waals surface area contributed by atoms with Gasteiger partial charge in [0.1, 0.15) is 5.75 Å². The fourth-order valence-electron chi connectivity index (χ4n) is 6.15. The van der Waals surface area contributed by atoms with Gasteiger partial charge >= 0.3 is 0 Å². The number of hydrogen-bond donors (Lipinski definition) is 0. The van der Waals surface area contributed by atoms with Crippen molar-refractivity contribution in [2.24, 2.45) is 0 Å². The van der Waals surface area contributed by atoms with Gasteiger partial charge in [0, 0.05) is 0 Å². The Labute approximate surface area is 251 Å². The molecule has 0 amide bonds. The van der Waals surface area contributed by atoms with E-state index < -0.39 is 0 Å². The average molecular weight is 567 g/mol. The zero-order valence-electron chi connectivity index (χ0n) is 26.6. The van der Waals surface area contributed by atoms with Crippen LogP contribution in [0.25, 0.3) is 11.1 Å². The maximum atomic E-state index is 15.4. The van der Waals surface area contributed by atoms with Gasteiger partial charge in [-0.2, -0.15) is 0 Å². The first-order valence-corrected chi connectivity index (χ1v) is 17.4. The fraction of sp³-hybridized carbons (Fsp3) is 0.684. The number of rotatable bonds is 24. The van der Waals surface area contributed by atoms with Crippen LogP contribution in [0.1, 0.15) is 153 Å². The summed E-state index contributed by atoms with van der Waals surface area (Å²) in [5, 5.41) is 0. The Balaban J connectivity index is 1.33. The van der Waals surface area contributed by atoms with Crippen molar-refractivity contribution in [3.63, 3.8) is 0 Å². The zero-order valence-corrected chi connectivity index (χ0v) is 26.6. The third-order valence-electron chi connectivity index (χ3n) is 8.74. The van der Waals surface area contributed by atoms with Crippen LogP contribution in [-0.4, -0.2) is 13.2 Å². The molecule has 230 valence electrons. The van der Waals surface area contributed by atoms with Gasteiger partial charge in [-0.15, -0.1) is 0 Å². The van der Waals surface area contributed by atoms with Crippen LogP contribution in [0.5, 0.6) is 11.5 Å². The molecule has 0 radical (unpaired) electrons. The van der Waals surface area contributed by atoms with Crippen LogP contribution in [0, 0.1) is 5.82 Å². The quantitative estimate of drug-likeness (QED) is 0.118. The first-order valence-electron chi connectivity index (χ1n) is 17.4. The molecule has 1 aliphatic carbocycles. The maximum Gasteiger partial charge on any atom is 0.168 e. The molecule has 0 aromatic heterocycles. The lowest BCUT2D eigenvalue weighted by Crippen LogP contribution is -2.09. The molecule has 2 aromatic rings. The van der Waals surface area contributed by atoms with E-state index in [-0.39, 0.29) is 5.82 Å². The second-order valence-corrected chi connectivity index (χ2v) is 12.3. The van der Waals surface area contributed by atoms with E-state index in [2.05, 4.69) is 38.1 Å². The zero-order chi connectivity index (χ0) is 29.0. The molecule has 0 saturated heterocycles. The molecular formula is C38H59FO2. The minimum atomic E-state index is -0.165. The molecule has 0 bridgehead atoms. The molecule has 0 unspecified atom stereocenters. The van der Waals surface area contributed by atoms with Crippen LogP contribution in [0.15, 0.2) is 30.3 Å². The summed E-state index contributed by atoms with van der Waals surface area (Å²) in [5.41, 5.74) is 4.21. The van der Waals surface area contributed by atoms with Crippen LogP contribution in [0.3, 0.4) is 0 Å². The van der Waals surface area contributed by atoms with Crippen LogP contribution >= 0.6 is 0 Å². The molecule has 0 N–H and O–H groups in total. The minimum Gasteiger partial charge on any atom is -0.494 e. The maximum absolute atomic E-state index is 15.4. The monoisotopic (exact) mass is 566 g/mol. The molecule has 3 rings (SSSR count). The Hall–Kier alpha value is -2.03. The molecule has 0 fully saturated rings. The minimum absolute atomic E-state index is 0.165. The Kier molecular flexibility index (Phi) is 17.0. The summed E-state index contributed by atoms with van der Waals surface area (Å²) in [6, 6.07) is 10.2. The molecule has 0 spiro atoms. The normalized spacial score (nSPS) is 12.3. The highest BCUT2D eigenvalue weighted by molar-refractivity contribution is 5.75. The molecule has 1 aliphatic rings. The first kappa shape index (κ1) is 33.5. The Morgan fingerprint density at radius 1 is 0.537 bits per heavy atom. The van der Waals surface area contributed by atoms with Crippen LogP contribution in [0.4, 0.5) is 4.39 Å². The van der Waals surface area contributed by atoms with E-state index >= 15 is 4.39 Å². The van der Waals surface area contributed by atoms with E-state index in [0.717, 1.165) is 48.3 Å². The summed E-state index contributed by atoms with van der Waals surface area (Å²) in [7, 11) is 0. The molecule has 0 aliphatic heterocycles. The van der Waals surface area contributed by atoms with E-state index in [1.807, 2.05) is 6.07 Å². The molecule has 0 saturated carbocycles. The lowest BCUT2D eigenvalue weighted by Gasteiger charge is -2.22. The van der Waals surface area contributed by atoms with E-state index in [4.69, 9.17) is 9.47 Å². The molecular weight excluding hydrogens is 507 g/mol. The lowest BCUT2D eigenvalue weighted by atomic mass is 9.85. The number of fused-ring (bicyclic) bond motifs is 3. The van der Waals surface area contributed by atoms with Crippen molar-refractivity contribution in [3.05, 3.63) is 47.3 Å². The van der Waals surface area contributed by atoms with E-state index in [1.54, 1.807) is 0 Å². The second kappa shape index (κ2) is 20.8. The molecule has 2 nitrogen and oxygen atoms in total. The van der Waals surface area contributed by atoms with E-state index in [0.29, 0.717) is 18.8 Å². The number of benzene rings is 2. The highest BCUT2D eigenvalue weighted by Gasteiger charge is 2.22. The predicted molar refractivity (Wildman–Crippen MR) is 174 cm³/mol. The highest BCUT2D eigenvalue weighted by atomic mass is 19.1. The molecule has 0 atom stereocenters. The largest absolute Gasteiger partial charge is 0.494 e. The molecule has 0 heterocycles. The summed E-state index contributed by atoms with van der Waals surface area (Å²) in [5.74, 6) is 1.20. The van der Waals surface area contributed by atoms with Gasteiger partial charge < -0.3 is 9.47 Å². The van der Waals surface area contributed by atoms with E-state index in [1.165, 1.54) is 121 Å². The van der Waals surface area contributed by atoms with Crippen molar-refractivity contribution in [2.45, 2.75) is 155 Å². The number of aryl methyl sites for hydroxylation is 1. The van der Waals surface area contributed by atoms with Crippen molar-refractivity contribution in [1.82, 2.24) is 0 Å². The van der Waals surface area contributed by atoms with Gasteiger partial charge in [-0.3, -0.25) is 0 Å². The Morgan fingerprint density at radius 3 is 1.59 bits per heavy atom. The molecule has 2 aromatic carbocycles. The van der Waals surface area contributed by atoms with Gasteiger partial charge in [0.2, 0.25) is 0 Å². The van der Waals surface area contributed by atoms with Gasteiger partial charge in [-0.1, -0.05) is 142 Å². The van der Waals surface area contributed by atoms with Crippen molar-refractivity contribution in [2.75, 3.05) is 13.2 Å². The number of halogens is 1. The van der Waals surface area contributed by atoms with Crippen molar-refractivity contribution in [3.8, 4) is 22.6 Å². The van der Waals surface area contributed by atoms with Crippen LogP contribution in [0.2, 0.25) is 0 Å². The summed E-state index contributed by atoms with van der Waals surface area (Å²) in [6.07, 6.45) is 27.8. The third kappa shape index (κ3) is 12.4. The fourth-order valence-corrected chi connectivity index (χ4v) is 6.15. The molecule has 41 heavy (non-hydrogen) atoms. The van der Waals surface area contributed by atoms with Gasteiger partial charge in [-0.05, 0) is 66.1 Å². The van der Waals surface area contributed by atoms with E-state index in [9.17, 15) is 0 Å². The highest BCUT2D eigenvalue weighted by Crippen LogP contribution is 2.39. The summed E-state index contributed by atoms with van der Waals surface area (Å²) in [6.45, 7) is 5.92. The number of unbranched alkanes of at least 4 members (excludes halogenated alkanes) is 18. The smallest absolute Gasteiger partial charge is 0.168 e.